The maximum atomic E-state index is 12.2. The molecule has 0 aliphatic heterocycles. The molecule has 0 saturated heterocycles. The van der Waals surface area contributed by atoms with Gasteiger partial charge in [-0.15, -0.1) is 20.4 Å². The fraction of sp³-hybridized carbons (Fsp3) is 0.128. The third-order valence-electron chi connectivity index (χ3n) is 8.57. The predicted molar refractivity (Wildman–Crippen MR) is 207 cm³/mol. The van der Waals surface area contributed by atoms with Gasteiger partial charge in [0.1, 0.15) is 23.1 Å². The highest BCUT2D eigenvalue weighted by Gasteiger charge is 2.19. The lowest BCUT2D eigenvalue weighted by molar-refractivity contribution is 0.0600. The maximum Gasteiger partial charge on any atom is 0.338 e. The molecule has 0 bridgehead atoms. The quantitative estimate of drug-likeness (QED) is 0.114. The zero-order valence-electron chi connectivity index (χ0n) is 30.5. The zero-order chi connectivity index (χ0) is 40.1. The number of aromatic nitrogens is 10. The molecule has 4 aromatic heterocycles. The number of carbonyl (C=O) groups is 2. The van der Waals surface area contributed by atoms with Crippen LogP contribution in [0.5, 0.6) is 11.5 Å². The number of esters is 1. The van der Waals surface area contributed by atoms with E-state index in [1.165, 1.54) is 7.11 Å². The number of H-pyrrole nitrogens is 4. The minimum Gasteiger partial charge on any atom is -0.493 e. The van der Waals surface area contributed by atoms with Crippen LogP contribution in [0.25, 0.3) is 67.4 Å². The first-order chi connectivity index (χ1) is 27.7. The first-order valence-electron chi connectivity index (χ1n) is 17.4. The Morgan fingerprint density at radius 1 is 0.614 bits per heavy atom. The lowest BCUT2D eigenvalue weighted by Crippen LogP contribution is -2.10. The fourth-order valence-electron chi connectivity index (χ4n) is 6.03. The van der Waals surface area contributed by atoms with Gasteiger partial charge in [0.25, 0.3) is 11.1 Å². The minimum atomic E-state index is -1.01. The minimum absolute atomic E-state index is 0.119. The molecule has 57 heavy (non-hydrogen) atoms. The number of rotatable bonds is 10. The fourth-order valence-corrected chi connectivity index (χ4v) is 6.03. The molecule has 8 rings (SSSR count). The van der Waals surface area contributed by atoms with E-state index in [4.69, 9.17) is 14.2 Å². The van der Waals surface area contributed by atoms with Crippen molar-refractivity contribution in [2.45, 2.75) is 13.8 Å². The Morgan fingerprint density at radius 2 is 1.07 bits per heavy atom. The van der Waals surface area contributed by atoms with E-state index < -0.39 is 23.1 Å². The molecule has 0 spiro atoms. The van der Waals surface area contributed by atoms with Crippen LogP contribution < -0.4 is 20.6 Å². The van der Waals surface area contributed by atoms with Crippen molar-refractivity contribution in [1.82, 2.24) is 50.8 Å². The standard InChI is InChI=1S/C20H17N5O4.C19H15N5O4/c1-3-29-15-10-11(12-6-4-5-7-13(12)20(27)28-2)8-9-14(15)17-21-18-16(19(26)22-17)23-25-24-18;1-2-28-14-9-10(11-5-3-4-6-12(11)19(26)27)7-8-13(14)16-20-17-15(18(25)21-16)22-24-23-17/h4-10H,3H2,1-2H3,(H2,21,22,23,24,25,26);3-9H,2H2,1H3,(H,26,27)(H2,20,21,22,23,24,25). The van der Waals surface area contributed by atoms with E-state index >= 15 is 0 Å². The summed E-state index contributed by atoms with van der Waals surface area (Å²) in [5.41, 5.74) is 4.34. The largest absolute Gasteiger partial charge is 0.493 e. The molecule has 4 aromatic carbocycles. The second kappa shape index (κ2) is 16.1. The number of ether oxygens (including phenoxy) is 3. The van der Waals surface area contributed by atoms with Crippen LogP contribution in [0.3, 0.4) is 0 Å². The first-order valence-corrected chi connectivity index (χ1v) is 17.4. The summed E-state index contributed by atoms with van der Waals surface area (Å²) >= 11 is 0. The Balaban J connectivity index is 0.000000174. The molecular weight excluding hydrogens is 736 g/mol. The van der Waals surface area contributed by atoms with Crippen LogP contribution in [0, 0.1) is 0 Å². The smallest absolute Gasteiger partial charge is 0.338 e. The van der Waals surface area contributed by atoms with E-state index in [0.717, 1.165) is 5.56 Å². The second-order valence-corrected chi connectivity index (χ2v) is 12.0. The number of aromatic amines is 4. The predicted octanol–water partition coefficient (Wildman–Crippen LogP) is 5.03. The van der Waals surface area contributed by atoms with Crippen LogP contribution >= 0.6 is 0 Å². The van der Waals surface area contributed by atoms with Gasteiger partial charge >= 0.3 is 11.9 Å². The maximum absolute atomic E-state index is 12.2. The molecule has 4 heterocycles. The summed E-state index contributed by atoms with van der Waals surface area (Å²) in [6.45, 7) is 4.48. The van der Waals surface area contributed by atoms with E-state index in [2.05, 4.69) is 50.8 Å². The number of aromatic carboxylic acids is 1. The van der Waals surface area contributed by atoms with Crippen molar-refractivity contribution in [3.05, 3.63) is 117 Å². The lowest BCUT2D eigenvalue weighted by atomic mass is 9.98. The third kappa shape index (κ3) is 7.54. The van der Waals surface area contributed by atoms with Gasteiger partial charge in [0.2, 0.25) is 11.3 Å². The number of fused-ring (bicyclic) bond motifs is 2. The van der Waals surface area contributed by atoms with Gasteiger partial charge in [0.15, 0.2) is 11.0 Å². The molecule has 0 saturated carbocycles. The number of hydrogen-bond donors (Lipinski definition) is 5. The number of nitrogens with one attached hydrogen (secondary N) is 4. The van der Waals surface area contributed by atoms with Gasteiger partial charge in [0.05, 0.1) is 42.6 Å². The Morgan fingerprint density at radius 3 is 1.53 bits per heavy atom. The molecule has 18 heteroatoms. The number of methoxy groups -OCH3 is 1. The van der Waals surface area contributed by atoms with Gasteiger partial charge in [-0.25, -0.2) is 19.6 Å². The molecule has 18 nitrogen and oxygen atoms in total. The van der Waals surface area contributed by atoms with Crippen molar-refractivity contribution in [3.8, 4) is 56.5 Å². The summed E-state index contributed by atoms with van der Waals surface area (Å²) in [5, 5.41) is 29.5. The highest BCUT2D eigenvalue weighted by molar-refractivity contribution is 5.98. The monoisotopic (exact) mass is 768 g/mol. The van der Waals surface area contributed by atoms with Gasteiger partial charge in [-0.2, -0.15) is 10.4 Å². The van der Waals surface area contributed by atoms with Crippen molar-refractivity contribution in [2.75, 3.05) is 20.3 Å². The molecule has 286 valence electrons. The second-order valence-electron chi connectivity index (χ2n) is 12.0. The van der Waals surface area contributed by atoms with Crippen LogP contribution in [0.4, 0.5) is 0 Å². The van der Waals surface area contributed by atoms with E-state index in [9.17, 15) is 24.3 Å². The van der Waals surface area contributed by atoms with Crippen LogP contribution in [0.1, 0.15) is 34.6 Å². The van der Waals surface area contributed by atoms with Crippen molar-refractivity contribution in [1.29, 1.82) is 0 Å². The van der Waals surface area contributed by atoms with E-state index in [-0.39, 0.29) is 33.7 Å². The van der Waals surface area contributed by atoms with Gasteiger partial charge < -0.3 is 29.3 Å². The molecule has 0 amide bonds. The van der Waals surface area contributed by atoms with Crippen LogP contribution in [-0.2, 0) is 4.74 Å². The van der Waals surface area contributed by atoms with Crippen molar-refractivity contribution < 1.29 is 28.9 Å². The summed E-state index contributed by atoms with van der Waals surface area (Å²) < 4.78 is 16.4. The normalized spacial score (nSPS) is 10.9. The molecule has 8 aromatic rings. The third-order valence-corrected chi connectivity index (χ3v) is 8.57. The van der Waals surface area contributed by atoms with Gasteiger partial charge in [-0.1, -0.05) is 48.5 Å². The van der Waals surface area contributed by atoms with Crippen molar-refractivity contribution in [3.63, 3.8) is 0 Å². The lowest BCUT2D eigenvalue weighted by Gasteiger charge is -2.13. The number of nitrogens with zero attached hydrogens (tertiary/aromatic N) is 6. The molecule has 0 aliphatic carbocycles. The SMILES string of the molecule is CCOc1cc(-c2ccccc2C(=O)O)ccc1-c1nc2n[nH]nc2c(=O)[nH]1.CCOc1cc(-c2ccccc2C(=O)OC)ccc1-c1nc2n[nH]nc2c(=O)[nH]1. The summed E-state index contributed by atoms with van der Waals surface area (Å²) in [7, 11) is 1.34. The van der Waals surface area contributed by atoms with Crippen LogP contribution in [0.2, 0.25) is 0 Å². The molecule has 0 unspecified atom stereocenters. The van der Waals surface area contributed by atoms with Gasteiger partial charge in [-0.05, 0) is 72.5 Å². The Labute approximate surface area is 320 Å². The molecule has 5 N–H and O–H groups in total. The Hall–Kier alpha value is -8.02. The molecular formula is C39H32N10O8. The van der Waals surface area contributed by atoms with E-state index in [1.54, 1.807) is 66.7 Å². The zero-order valence-corrected chi connectivity index (χ0v) is 30.5. The van der Waals surface area contributed by atoms with Crippen molar-refractivity contribution >= 4 is 34.3 Å². The van der Waals surface area contributed by atoms with Crippen LogP contribution in [-0.4, -0.2) is 88.1 Å². The van der Waals surface area contributed by atoms with Crippen LogP contribution in [0.15, 0.2) is 94.5 Å². The van der Waals surface area contributed by atoms with Gasteiger partial charge in [-0.3, -0.25) is 9.59 Å². The number of benzene rings is 4. The average Bonchev–Trinajstić information content (AvgIpc) is 3.92. The summed E-state index contributed by atoms with van der Waals surface area (Å²) in [4.78, 5) is 62.1. The Kier molecular flexibility index (Phi) is 10.6. The number of carboxylic acid groups (broad SMARTS) is 1. The number of carbonyl (C=O) groups excluding carboxylic acids is 1. The highest BCUT2D eigenvalue weighted by Crippen LogP contribution is 2.36. The highest BCUT2D eigenvalue weighted by atomic mass is 16.5. The number of carboxylic acids is 1. The average molecular weight is 769 g/mol. The number of hydrogen-bond acceptors (Lipinski definition) is 13. The molecule has 0 fully saturated rings. The van der Waals surface area contributed by atoms with E-state index in [0.29, 0.717) is 63.9 Å². The summed E-state index contributed by atoms with van der Waals surface area (Å²) in [6.07, 6.45) is 0. The molecule has 0 atom stereocenters. The van der Waals surface area contributed by atoms with E-state index in [1.807, 2.05) is 32.0 Å². The van der Waals surface area contributed by atoms with Gasteiger partial charge in [0, 0.05) is 0 Å². The first kappa shape index (κ1) is 37.3. The molecule has 0 radical (unpaired) electrons. The summed E-state index contributed by atoms with van der Waals surface area (Å²) in [6, 6.07) is 24.5. The topological polar surface area (TPSA) is 257 Å². The summed E-state index contributed by atoms with van der Waals surface area (Å²) in [5.74, 6) is 0.132. The van der Waals surface area contributed by atoms with Crippen molar-refractivity contribution in [2.24, 2.45) is 0 Å². The molecule has 0 aliphatic rings. The Bertz CT molecular complexity index is 2900.